The number of nitrogens with zero attached hydrogens (tertiary/aromatic N) is 2. The molecule has 1 aliphatic rings. The summed E-state index contributed by atoms with van der Waals surface area (Å²) in [6.07, 6.45) is 1.59. The fraction of sp³-hybridized carbons (Fsp3) is 0.333. The normalized spacial score (nSPS) is 13.8. The summed E-state index contributed by atoms with van der Waals surface area (Å²) in [6, 6.07) is 10.6. The molecule has 1 saturated heterocycles. The van der Waals surface area contributed by atoms with E-state index in [1.165, 1.54) is 0 Å². The summed E-state index contributed by atoms with van der Waals surface area (Å²) in [5.41, 5.74) is 1.34. The summed E-state index contributed by atoms with van der Waals surface area (Å²) in [6.45, 7) is 2.55. The second kappa shape index (κ2) is 7.85. The van der Waals surface area contributed by atoms with Crippen LogP contribution in [0.5, 0.6) is 0 Å². The molecule has 7 heteroatoms. The first-order chi connectivity index (χ1) is 12.2. The number of rotatable bonds is 7. The molecule has 3 rings (SSSR count). The van der Waals surface area contributed by atoms with Gasteiger partial charge >= 0.3 is 6.03 Å². The Labute approximate surface area is 146 Å². The molecule has 0 saturated carbocycles. The molecule has 0 bridgehead atoms. The second-order valence-corrected chi connectivity index (χ2v) is 5.73. The first kappa shape index (κ1) is 17.0. The van der Waals surface area contributed by atoms with E-state index in [0.29, 0.717) is 38.3 Å². The second-order valence-electron chi connectivity index (χ2n) is 5.73. The summed E-state index contributed by atoms with van der Waals surface area (Å²) in [5, 5.41) is 2.76. The van der Waals surface area contributed by atoms with E-state index < -0.39 is 0 Å². The number of benzene rings is 1. The highest BCUT2D eigenvalue weighted by atomic mass is 16.5. The number of carbonyl (C=O) groups is 2. The van der Waals surface area contributed by atoms with Crippen molar-refractivity contribution in [3.8, 4) is 0 Å². The quantitative estimate of drug-likeness (QED) is 0.835. The molecule has 0 spiro atoms. The van der Waals surface area contributed by atoms with Crippen molar-refractivity contribution >= 4 is 17.6 Å². The van der Waals surface area contributed by atoms with Gasteiger partial charge in [0.25, 0.3) is 5.91 Å². The molecule has 2 aromatic rings. The number of hydrogen-bond acceptors (Lipinski definition) is 4. The third-order valence-electron chi connectivity index (χ3n) is 4.06. The number of urea groups is 1. The lowest BCUT2D eigenvalue weighted by Gasteiger charge is -2.22. The smallest absolute Gasteiger partial charge is 0.321 e. The highest BCUT2D eigenvalue weighted by Gasteiger charge is 2.22. The molecule has 1 aromatic heterocycles. The summed E-state index contributed by atoms with van der Waals surface area (Å²) >= 11 is 0. The van der Waals surface area contributed by atoms with Crippen LogP contribution in [0.4, 0.5) is 10.5 Å². The molecular formula is C18H21N3O4. The van der Waals surface area contributed by atoms with Crippen molar-refractivity contribution in [3.05, 3.63) is 54.0 Å². The molecule has 1 aliphatic heterocycles. The van der Waals surface area contributed by atoms with E-state index in [1.807, 2.05) is 6.07 Å². The molecule has 7 nitrogen and oxygen atoms in total. The molecule has 1 aromatic carbocycles. The van der Waals surface area contributed by atoms with Gasteiger partial charge in [-0.2, -0.15) is 0 Å². The molecule has 0 radical (unpaired) electrons. The van der Waals surface area contributed by atoms with Gasteiger partial charge in [-0.1, -0.05) is 0 Å². The van der Waals surface area contributed by atoms with Gasteiger partial charge in [0.15, 0.2) is 0 Å². The van der Waals surface area contributed by atoms with Crippen LogP contribution in [0.25, 0.3) is 0 Å². The Morgan fingerprint density at radius 3 is 2.72 bits per heavy atom. The molecule has 0 atom stereocenters. The Balaban J connectivity index is 1.73. The van der Waals surface area contributed by atoms with Crippen LogP contribution >= 0.6 is 0 Å². The largest absolute Gasteiger partial charge is 0.467 e. The maximum atomic E-state index is 12.8. The molecule has 1 N–H and O–H groups in total. The Morgan fingerprint density at radius 1 is 1.32 bits per heavy atom. The van der Waals surface area contributed by atoms with E-state index in [-0.39, 0.29) is 11.9 Å². The fourth-order valence-electron chi connectivity index (χ4n) is 2.73. The lowest BCUT2D eigenvalue weighted by Crippen LogP contribution is -2.33. The molecule has 3 amide bonds. The van der Waals surface area contributed by atoms with E-state index in [9.17, 15) is 9.59 Å². The summed E-state index contributed by atoms with van der Waals surface area (Å²) in [4.78, 5) is 27.9. The zero-order chi connectivity index (χ0) is 17.6. The predicted molar refractivity (Wildman–Crippen MR) is 92.5 cm³/mol. The topological polar surface area (TPSA) is 75.0 Å². The average molecular weight is 343 g/mol. The third kappa shape index (κ3) is 4.00. The van der Waals surface area contributed by atoms with Gasteiger partial charge in [0.05, 0.1) is 19.4 Å². The van der Waals surface area contributed by atoms with Gasteiger partial charge in [0.2, 0.25) is 0 Å². The van der Waals surface area contributed by atoms with Gasteiger partial charge in [-0.15, -0.1) is 0 Å². The number of carbonyl (C=O) groups excluding carboxylic acids is 2. The van der Waals surface area contributed by atoms with Gasteiger partial charge in [-0.25, -0.2) is 4.79 Å². The van der Waals surface area contributed by atoms with E-state index in [1.54, 1.807) is 53.5 Å². The number of methoxy groups -OCH3 is 1. The van der Waals surface area contributed by atoms with Crippen LogP contribution in [0.2, 0.25) is 0 Å². The number of nitrogens with one attached hydrogen (secondary N) is 1. The lowest BCUT2D eigenvalue weighted by molar-refractivity contribution is 0.0666. The van der Waals surface area contributed by atoms with Crippen LogP contribution in [-0.2, 0) is 11.3 Å². The minimum Gasteiger partial charge on any atom is -0.467 e. The number of ether oxygens (including phenoxy) is 1. The van der Waals surface area contributed by atoms with E-state index in [4.69, 9.17) is 9.15 Å². The van der Waals surface area contributed by atoms with Crippen LogP contribution in [-0.4, -0.2) is 50.2 Å². The van der Waals surface area contributed by atoms with Crippen LogP contribution in [0.3, 0.4) is 0 Å². The van der Waals surface area contributed by atoms with Gasteiger partial charge in [-0.3, -0.25) is 9.69 Å². The van der Waals surface area contributed by atoms with Crippen molar-refractivity contribution in [1.82, 2.24) is 10.2 Å². The predicted octanol–water partition coefficient (Wildman–Crippen LogP) is 2.10. The van der Waals surface area contributed by atoms with Gasteiger partial charge in [-0.05, 0) is 36.4 Å². The van der Waals surface area contributed by atoms with E-state index in [2.05, 4.69) is 5.32 Å². The van der Waals surface area contributed by atoms with E-state index in [0.717, 1.165) is 11.4 Å². The maximum Gasteiger partial charge on any atom is 0.321 e. The molecular weight excluding hydrogens is 322 g/mol. The SMILES string of the molecule is COCCN(Cc1ccco1)C(=O)c1ccc(N2CCNC2=O)cc1. The summed E-state index contributed by atoms with van der Waals surface area (Å²) in [5.74, 6) is 0.612. The van der Waals surface area contributed by atoms with Gasteiger partial charge in [0, 0.05) is 38.0 Å². The zero-order valence-corrected chi connectivity index (χ0v) is 14.1. The number of anilines is 1. The maximum absolute atomic E-state index is 12.8. The van der Waals surface area contributed by atoms with Crippen molar-refractivity contribution in [2.75, 3.05) is 38.3 Å². The van der Waals surface area contributed by atoms with Crippen LogP contribution in [0, 0.1) is 0 Å². The van der Waals surface area contributed by atoms with Crippen molar-refractivity contribution in [2.45, 2.75) is 6.54 Å². The molecule has 0 aliphatic carbocycles. The standard InChI is InChI=1S/C18H21N3O4/c1-24-12-10-20(13-16-3-2-11-25-16)17(22)14-4-6-15(7-5-14)21-9-8-19-18(21)23/h2-7,11H,8-10,12-13H2,1H3,(H,19,23). The van der Waals surface area contributed by atoms with Crippen molar-refractivity contribution in [1.29, 1.82) is 0 Å². The number of amides is 3. The summed E-state index contributed by atoms with van der Waals surface area (Å²) in [7, 11) is 1.60. The Morgan fingerprint density at radius 2 is 2.12 bits per heavy atom. The monoisotopic (exact) mass is 343 g/mol. The van der Waals surface area contributed by atoms with Gasteiger partial charge < -0.3 is 19.4 Å². The van der Waals surface area contributed by atoms with Crippen LogP contribution < -0.4 is 10.2 Å². The van der Waals surface area contributed by atoms with Crippen molar-refractivity contribution in [2.24, 2.45) is 0 Å². The number of hydrogen-bond donors (Lipinski definition) is 1. The van der Waals surface area contributed by atoms with Crippen LogP contribution in [0.1, 0.15) is 16.1 Å². The fourth-order valence-corrected chi connectivity index (χ4v) is 2.73. The third-order valence-corrected chi connectivity index (χ3v) is 4.06. The minimum absolute atomic E-state index is 0.106. The minimum atomic E-state index is -0.112. The van der Waals surface area contributed by atoms with Gasteiger partial charge in [0.1, 0.15) is 5.76 Å². The molecule has 132 valence electrons. The Bertz CT molecular complexity index is 712. The first-order valence-corrected chi connectivity index (χ1v) is 8.15. The molecule has 1 fully saturated rings. The van der Waals surface area contributed by atoms with Crippen molar-refractivity contribution < 1.29 is 18.7 Å². The first-order valence-electron chi connectivity index (χ1n) is 8.15. The summed E-state index contributed by atoms with van der Waals surface area (Å²) < 4.78 is 10.4. The highest BCUT2D eigenvalue weighted by molar-refractivity contribution is 5.97. The Kier molecular flexibility index (Phi) is 5.35. The average Bonchev–Trinajstić information content (AvgIpc) is 3.29. The molecule has 0 unspecified atom stereocenters. The van der Waals surface area contributed by atoms with Crippen molar-refractivity contribution in [3.63, 3.8) is 0 Å². The highest BCUT2D eigenvalue weighted by Crippen LogP contribution is 2.19. The lowest BCUT2D eigenvalue weighted by atomic mass is 10.1. The Hall–Kier alpha value is -2.80. The zero-order valence-electron chi connectivity index (χ0n) is 14.1. The van der Waals surface area contributed by atoms with Crippen LogP contribution in [0.15, 0.2) is 47.1 Å². The molecule has 25 heavy (non-hydrogen) atoms. The number of furan rings is 1. The van der Waals surface area contributed by atoms with E-state index >= 15 is 0 Å². The molecule has 2 heterocycles.